The SMILES string of the molecule is CC(C)Cn1nc(C(=O)Nc2cc(Cl)ccc2C(=O)NC(C)C)c2ccccc2c1=O. The van der Waals surface area contributed by atoms with E-state index in [1.807, 2.05) is 27.7 Å². The van der Waals surface area contributed by atoms with Gasteiger partial charge in [-0.25, -0.2) is 4.68 Å². The fourth-order valence-corrected chi connectivity index (χ4v) is 3.38. The number of amides is 2. The van der Waals surface area contributed by atoms with E-state index in [0.717, 1.165) is 0 Å². The van der Waals surface area contributed by atoms with Crippen molar-refractivity contribution in [2.45, 2.75) is 40.3 Å². The molecule has 8 heteroatoms. The summed E-state index contributed by atoms with van der Waals surface area (Å²) in [5, 5.41) is 11.1. The zero-order valence-electron chi connectivity index (χ0n) is 17.9. The van der Waals surface area contributed by atoms with Crippen molar-refractivity contribution in [3.8, 4) is 0 Å². The summed E-state index contributed by atoms with van der Waals surface area (Å²) >= 11 is 6.11. The second-order valence-electron chi connectivity index (χ2n) is 8.05. The van der Waals surface area contributed by atoms with Gasteiger partial charge in [-0.2, -0.15) is 5.10 Å². The number of fused-ring (bicyclic) bond motifs is 1. The van der Waals surface area contributed by atoms with Gasteiger partial charge in [0.15, 0.2) is 5.69 Å². The van der Waals surface area contributed by atoms with Crippen LogP contribution < -0.4 is 16.2 Å². The van der Waals surface area contributed by atoms with Crippen LogP contribution in [-0.2, 0) is 6.54 Å². The molecular weight excluding hydrogens is 416 g/mol. The smallest absolute Gasteiger partial charge is 0.276 e. The van der Waals surface area contributed by atoms with Crippen LogP contribution in [0.25, 0.3) is 10.8 Å². The first-order valence-corrected chi connectivity index (χ1v) is 10.5. The van der Waals surface area contributed by atoms with E-state index in [1.165, 1.54) is 10.7 Å². The molecule has 0 aliphatic carbocycles. The summed E-state index contributed by atoms with van der Waals surface area (Å²) < 4.78 is 1.31. The molecule has 0 saturated heterocycles. The molecule has 2 N–H and O–H groups in total. The molecule has 1 heterocycles. The van der Waals surface area contributed by atoms with Crippen molar-refractivity contribution < 1.29 is 9.59 Å². The predicted octanol–water partition coefficient (Wildman–Crippen LogP) is 4.10. The van der Waals surface area contributed by atoms with Gasteiger partial charge < -0.3 is 10.6 Å². The highest BCUT2D eigenvalue weighted by Crippen LogP contribution is 2.23. The van der Waals surface area contributed by atoms with Crippen molar-refractivity contribution in [2.75, 3.05) is 5.32 Å². The lowest BCUT2D eigenvalue weighted by atomic mass is 10.1. The Kier molecular flexibility index (Phi) is 6.75. The molecule has 3 rings (SSSR count). The average Bonchev–Trinajstić information content (AvgIpc) is 2.69. The number of carbonyl (C=O) groups is 2. The number of hydrogen-bond donors (Lipinski definition) is 2. The minimum atomic E-state index is -0.533. The topological polar surface area (TPSA) is 93.1 Å². The Labute approximate surface area is 185 Å². The first-order chi connectivity index (χ1) is 14.7. The highest BCUT2D eigenvalue weighted by molar-refractivity contribution is 6.31. The van der Waals surface area contributed by atoms with Gasteiger partial charge in [0.2, 0.25) is 0 Å². The maximum atomic E-state index is 13.2. The summed E-state index contributed by atoms with van der Waals surface area (Å²) in [5.74, 6) is -0.694. The van der Waals surface area contributed by atoms with E-state index in [1.54, 1.807) is 36.4 Å². The predicted molar refractivity (Wildman–Crippen MR) is 123 cm³/mol. The minimum absolute atomic E-state index is 0.0723. The second kappa shape index (κ2) is 9.31. The van der Waals surface area contributed by atoms with E-state index in [9.17, 15) is 14.4 Å². The van der Waals surface area contributed by atoms with Crippen LogP contribution >= 0.6 is 11.6 Å². The van der Waals surface area contributed by atoms with Crippen LogP contribution in [0.4, 0.5) is 5.69 Å². The van der Waals surface area contributed by atoms with Crippen LogP contribution in [-0.4, -0.2) is 27.6 Å². The summed E-state index contributed by atoms with van der Waals surface area (Å²) in [4.78, 5) is 38.6. The Morgan fingerprint density at radius 1 is 1.03 bits per heavy atom. The van der Waals surface area contributed by atoms with Gasteiger partial charge in [-0.3, -0.25) is 14.4 Å². The molecule has 0 radical (unpaired) electrons. The number of nitrogens with one attached hydrogen (secondary N) is 2. The Morgan fingerprint density at radius 2 is 1.71 bits per heavy atom. The lowest BCUT2D eigenvalue weighted by molar-refractivity contribution is 0.0944. The van der Waals surface area contributed by atoms with Crippen LogP contribution in [0.15, 0.2) is 47.3 Å². The number of rotatable bonds is 6. The minimum Gasteiger partial charge on any atom is -0.350 e. The number of nitrogens with zero attached hydrogens (tertiary/aromatic N) is 2. The third kappa shape index (κ3) is 5.11. The van der Waals surface area contributed by atoms with Crippen molar-refractivity contribution in [1.82, 2.24) is 15.1 Å². The molecule has 0 spiro atoms. The van der Waals surface area contributed by atoms with Gasteiger partial charge in [0.25, 0.3) is 17.4 Å². The first kappa shape index (κ1) is 22.5. The molecule has 7 nitrogen and oxygen atoms in total. The number of benzene rings is 2. The molecule has 0 bridgehead atoms. The van der Waals surface area contributed by atoms with Gasteiger partial charge in [0, 0.05) is 23.0 Å². The quantitative estimate of drug-likeness (QED) is 0.603. The molecule has 0 atom stereocenters. The lowest BCUT2D eigenvalue weighted by Crippen LogP contribution is -2.31. The van der Waals surface area contributed by atoms with Crippen molar-refractivity contribution in [3.05, 3.63) is 69.1 Å². The monoisotopic (exact) mass is 440 g/mol. The van der Waals surface area contributed by atoms with Crippen LogP contribution in [0.1, 0.15) is 48.5 Å². The van der Waals surface area contributed by atoms with E-state index in [0.29, 0.717) is 22.3 Å². The molecular formula is C23H25ClN4O3. The zero-order valence-corrected chi connectivity index (χ0v) is 18.7. The fraction of sp³-hybridized carbons (Fsp3) is 0.304. The van der Waals surface area contributed by atoms with Crippen molar-refractivity contribution in [3.63, 3.8) is 0 Å². The molecule has 3 aromatic rings. The van der Waals surface area contributed by atoms with Crippen molar-refractivity contribution in [1.29, 1.82) is 0 Å². The van der Waals surface area contributed by atoms with Crippen molar-refractivity contribution in [2.24, 2.45) is 5.92 Å². The molecule has 2 aromatic carbocycles. The van der Waals surface area contributed by atoms with Crippen LogP contribution in [0, 0.1) is 5.92 Å². The third-order valence-electron chi connectivity index (χ3n) is 4.52. The van der Waals surface area contributed by atoms with E-state index < -0.39 is 5.91 Å². The van der Waals surface area contributed by atoms with E-state index in [4.69, 9.17) is 11.6 Å². The Balaban J connectivity index is 2.07. The van der Waals surface area contributed by atoms with Gasteiger partial charge >= 0.3 is 0 Å². The van der Waals surface area contributed by atoms with Gasteiger partial charge in [-0.1, -0.05) is 43.6 Å². The van der Waals surface area contributed by atoms with Crippen LogP contribution in [0.5, 0.6) is 0 Å². The normalized spacial score (nSPS) is 11.2. The summed E-state index contributed by atoms with van der Waals surface area (Å²) in [6.07, 6.45) is 0. The molecule has 1 aromatic heterocycles. The maximum absolute atomic E-state index is 13.2. The summed E-state index contributed by atoms with van der Waals surface area (Å²) in [7, 11) is 0. The summed E-state index contributed by atoms with van der Waals surface area (Å²) in [6, 6.07) is 11.4. The molecule has 0 unspecified atom stereocenters. The Bertz CT molecular complexity index is 1200. The summed E-state index contributed by atoms with van der Waals surface area (Å²) in [5.41, 5.74) is 0.404. The average molecular weight is 441 g/mol. The van der Waals surface area contributed by atoms with E-state index in [-0.39, 0.29) is 40.4 Å². The third-order valence-corrected chi connectivity index (χ3v) is 4.75. The van der Waals surface area contributed by atoms with E-state index in [2.05, 4.69) is 15.7 Å². The molecule has 0 fully saturated rings. The molecule has 162 valence electrons. The van der Waals surface area contributed by atoms with E-state index >= 15 is 0 Å². The number of carbonyl (C=O) groups excluding carboxylic acids is 2. The van der Waals surface area contributed by atoms with Gasteiger partial charge in [-0.15, -0.1) is 0 Å². The molecule has 0 aliphatic heterocycles. The molecule has 31 heavy (non-hydrogen) atoms. The van der Waals surface area contributed by atoms with Gasteiger partial charge in [0.05, 0.1) is 16.6 Å². The van der Waals surface area contributed by atoms with Crippen LogP contribution in [0.3, 0.4) is 0 Å². The highest BCUT2D eigenvalue weighted by atomic mass is 35.5. The van der Waals surface area contributed by atoms with Crippen LogP contribution in [0.2, 0.25) is 5.02 Å². The number of aromatic nitrogens is 2. The number of hydrogen-bond acceptors (Lipinski definition) is 4. The molecule has 2 amide bonds. The first-order valence-electron chi connectivity index (χ1n) is 10.1. The van der Waals surface area contributed by atoms with Gasteiger partial charge in [0.1, 0.15) is 0 Å². The van der Waals surface area contributed by atoms with Crippen molar-refractivity contribution >= 4 is 39.9 Å². The number of halogens is 1. The Hall–Kier alpha value is -3.19. The standard InChI is InChI=1S/C23H25ClN4O3/c1-13(2)12-28-23(31)17-8-6-5-7-16(17)20(27-28)22(30)26-19-11-15(24)9-10-18(19)21(29)25-14(3)4/h5-11,13-14H,12H2,1-4H3,(H,25,29)(H,26,30). The highest BCUT2D eigenvalue weighted by Gasteiger charge is 2.20. The molecule has 0 aliphatic rings. The van der Waals surface area contributed by atoms with Gasteiger partial charge in [-0.05, 0) is 44.0 Å². The molecule has 0 saturated carbocycles. The summed E-state index contributed by atoms with van der Waals surface area (Å²) in [6.45, 7) is 8.01. The largest absolute Gasteiger partial charge is 0.350 e. The fourth-order valence-electron chi connectivity index (χ4n) is 3.21. The maximum Gasteiger partial charge on any atom is 0.276 e. The Morgan fingerprint density at radius 3 is 2.35 bits per heavy atom. The number of anilines is 1. The second-order valence-corrected chi connectivity index (χ2v) is 8.48. The zero-order chi connectivity index (χ0) is 22.7. The lowest BCUT2D eigenvalue weighted by Gasteiger charge is -2.15.